The van der Waals surface area contributed by atoms with Crippen molar-refractivity contribution in [3.8, 4) is 0 Å². The number of likely N-dealkylation sites (tertiary alicyclic amines) is 1. The molecule has 1 aromatic rings. The van der Waals surface area contributed by atoms with Crippen molar-refractivity contribution in [2.45, 2.75) is 51.3 Å². The average Bonchev–Trinajstić information content (AvgIpc) is 3.49. The Morgan fingerprint density at radius 1 is 1.27 bits per heavy atom. The Morgan fingerprint density at radius 2 is 2.00 bits per heavy atom. The number of piperidine rings is 1. The first kappa shape index (κ1) is 18.7. The SMILES string of the molecule is CC(N)C(=O)N1CCCC(CN(C(=O)OCc2ccccc2)C2CC2)C1. The first-order valence-electron chi connectivity index (χ1n) is 9.56. The summed E-state index contributed by atoms with van der Waals surface area (Å²) >= 11 is 0. The van der Waals surface area contributed by atoms with Gasteiger partial charge in [-0.2, -0.15) is 0 Å². The van der Waals surface area contributed by atoms with Gasteiger partial charge in [0.05, 0.1) is 6.04 Å². The maximum absolute atomic E-state index is 12.6. The van der Waals surface area contributed by atoms with Crippen LogP contribution in [0.5, 0.6) is 0 Å². The molecule has 0 aromatic heterocycles. The van der Waals surface area contributed by atoms with E-state index in [1.165, 1.54) is 0 Å². The molecule has 142 valence electrons. The molecule has 26 heavy (non-hydrogen) atoms. The molecule has 1 aromatic carbocycles. The number of hydrogen-bond donors (Lipinski definition) is 1. The lowest BCUT2D eigenvalue weighted by molar-refractivity contribution is -0.134. The summed E-state index contributed by atoms with van der Waals surface area (Å²) < 4.78 is 5.53. The Labute approximate surface area is 155 Å². The van der Waals surface area contributed by atoms with Crippen molar-refractivity contribution < 1.29 is 14.3 Å². The van der Waals surface area contributed by atoms with Crippen LogP contribution in [0.25, 0.3) is 0 Å². The number of amides is 2. The van der Waals surface area contributed by atoms with Gasteiger partial charge in [-0.05, 0) is 44.1 Å². The monoisotopic (exact) mass is 359 g/mol. The molecule has 2 atom stereocenters. The van der Waals surface area contributed by atoms with E-state index in [1.54, 1.807) is 6.92 Å². The highest BCUT2D eigenvalue weighted by atomic mass is 16.6. The highest BCUT2D eigenvalue weighted by Crippen LogP contribution is 2.30. The fourth-order valence-electron chi connectivity index (χ4n) is 3.54. The smallest absolute Gasteiger partial charge is 0.410 e. The number of hydrogen-bond acceptors (Lipinski definition) is 4. The largest absolute Gasteiger partial charge is 0.445 e. The van der Waals surface area contributed by atoms with Gasteiger partial charge in [0.1, 0.15) is 6.61 Å². The molecule has 3 rings (SSSR count). The first-order chi connectivity index (χ1) is 12.5. The number of nitrogens with two attached hydrogens (primary N) is 1. The van der Waals surface area contributed by atoms with E-state index in [0.29, 0.717) is 19.7 Å². The Kier molecular flexibility index (Phi) is 6.14. The summed E-state index contributed by atoms with van der Waals surface area (Å²) in [6, 6.07) is 9.55. The third-order valence-corrected chi connectivity index (χ3v) is 5.10. The number of nitrogens with zero attached hydrogens (tertiary/aromatic N) is 2. The second-order valence-corrected chi connectivity index (χ2v) is 7.50. The summed E-state index contributed by atoms with van der Waals surface area (Å²) in [5, 5.41) is 0. The zero-order chi connectivity index (χ0) is 18.5. The summed E-state index contributed by atoms with van der Waals surface area (Å²) in [6.45, 7) is 4.11. The highest BCUT2D eigenvalue weighted by molar-refractivity contribution is 5.81. The second kappa shape index (κ2) is 8.54. The molecule has 0 spiro atoms. The zero-order valence-electron chi connectivity index (χ0n) is 15.5. The number of carbonyl (C=O) groups is 2. The quantitative estimate of drug-likeness (QED) is 0.846. The predicted molar refractivity (Wildman–Crippen MR) is 99.3 cm³/mol. The lowest BCUT2D eigenvalue weighted by atomic mass is 9.97. The molecule has 1 saturated heterocycles. The van der Waals surface area contributed by atoms with Gasteiger partial charge in [0, 0.05) is 25.7 Å². The third kappa shape index (κ3) is 4.97. The highest BCUT2D eigenvalue weighted by Gasteiger charge is 2.36. The van der Waals surface area contributed by atoms with Crippen LogP contribution in [0.15, 0.2) is 30.3 Å². The first-order valence-corrected chi connectivity index (χ1v) is 9.56. The van der Waals surface area contributed by atoms with Crippen LogP contribution < -0.4 is 5.73 Å². The van der Waals surface area contributed by atoms with Gasteiger partial charge in [0.2, 0.25) is 5.91 Å². The van der Waals surface area contributed by atoms with Crippen molar-refractivity contribution in [1.82, 2.24) is 9.80 Å². The van der Waals surface area contributed by atoms with Gasteiger partial charge >= 0.3 is 6.09 Å². The molecular formula is C20H29N3O3. The maximum atomic E-state index is 12.6. The fraction of sp³-hybridized carbons (Fsp3) is 0.600. The number of benzene rings is 1. The molecule has 1 saturated carbocycles. The maximum Gasteiger partial charge on any atom is 0.410 e. The van der Waals surface area contributed by atoms with Crippen LogP contribution in [-0.4, -0.2) is 53.5 Å². The normalized spacial score (nSPS) is 21.2. The minimum absolute atomic E-state index is 0.000624. The molecule has 1 aliphatic heterocycles. The van der Waals surface area contributed by atoms with Crippen molar-refractivity contribution >= 4 is 12.0 Å². The molecular weight excluding hydrogens is 330 g/mol. The van der Waals surface area contributed by atoms with E-state index in [0.717, 1.165) is 37.8 Å². The van der Waals surface area contributed by atoms with E-state index < -0.39 is 6.04 Å². The number of ether oxygens (including phenoxy) is 1. The second-order valence-electron chi connectivity index (χ2n) is 7.50. The minimum atomic E-state index is -0.468. The molecule has 0 radical (unpaired) electrons. The standard InChI is InChI=1S/C20H29N3O3/c1-15(21)19(24)22-11-5-8-17(12-22)13-23(18-9-10-18)20(25)26-14-16-6-3-2-4-7-16/h2-4,6-7,15,17-18H,5,8-14,21H2,1H3. The fourth-order valence-corrected chi connectivity index (χ4v) is 3.54. The van der Waals surface area contributed by atoms with Gasteiger partial charge in [0.15, 0.2) is 0 Å². The van der Waals surface area contributed by atoms with Gasteiger partial charge in [-0.15, -0.1) is 0 Å². The van der Waals surface area contributed by atoms with Crippen LogP contribution in [0, 0.1) is 5.92 Å². The summed E-state index contributed by atoms with van der Waals surface area (Å²) in [6.07, 6.45) is 3.82. The Hall–Kier alpha value is -2.08. The molecule has 0 bridgehead atoms. The Bertz CT molecular complexity index is 616. The minimum Gasteiger partial charge on any atom is -0.445 e. The van der Waals surface area contributed by atoms with E-state index in [2.05, 4.69) is 0 Å². The van der Waals surface area contributed by atoms with Crippen LogP contribution in [0.1, 0.15) is 38.2 Å². The van der Waals surface area contributed by atoms with E-state index >= 15 is 0 Å². The zero-order valence-corrected chi connectivity index (χ0v) is 15.5. The lowest BCUT2D eigenvalue weighted by Crippen LogP contribution is -2.49. The van der Waals surface area contributed by atoms with Crippen LogP contribution >= 0.6 is 0 Å². The summed E-state index contributed by atoms with van der Waals surface area (Å²) in [4.78, 5) is 28.5. The van der Waals surface area contributed by atoms with Gasteiger partial charge in [-0.1, -0.05) is 30.3 Å². The summed E-state index contributed by atoms with van der Waals surface area (Å²) in [7, 11) is 0. The average molecular weight is 359 g/mol. The number of rotatable bonds is 6. The van der Waals surface area contributed by atoms with Crippen LogP contribution in [0.2, 0.25) is 0 Å². The molecule has 6 nitrogen and oxygen atoms in total. The lowest BCUT2D eigenvalue weighted by Gasteiger charge is -2.36. The van der Waals surface area contributed by atoms with Crippen molar-refractivity contribution in [3.63, 3.8) is 0 Å². The van der Waals surface area contributed by atoms with Crippen molar-refractivity contribution in [2.24, 2.45) is 11.7 Å². The van der Waals surface area contributed by atoms with Crippen molar-refractivity contribution in [3.05, 3.63) is 35.9 Å². The van der Waals surface area contributed by atoms with Gasteiger partial charge in [-0.25, -0.2) is 4.79 Å². The van der Waals surface area contributed by atoms with Crippen molar-refractivity contribution in [1.29, 1.82) is 0 Å². The molecule has 1 aliphatic carbocycles. The molecule has 2 N–H and O–H groups in total. The van der Waals surface area contributed by atoms with Crippen LogP contribution in [0.4, 0.5) is 4.79 Å². The predicted octanol–water partition coefficient (Wildman–Crippen LogP) is 2.37. The Morgan fingerprint density at radius 3 is 2.65 bits per heavy atom. The van der Waals surface area contributed by atoms with Gasteiger partial charge in [0.25, 0.3) is 0 Å². The molecule has 6 heteroatoms. The van der Waals surface area contributed by atoms with E-state index in [9.17, 15) is 9.59 Å². The molecule has 2 unspecified atom stereocenters. The molecule has 2 fully saturated rings. The van der Waals surface area contributed by atoms with Crippen LogP contribution in [-0.2, 0) is 16.1 Å². The van der Waals surface area contributed by atoms with E-state index in [-0.39, 0.29) is 24.0 Å². The number of carbonyl (C=O) groups excluding carboxylic acids is 2. The van der Waals surface area contributed by atoms with E-state index in [4.69, 9.17) is 10.5 Å². The van der Waals surface area contributed by atoms with Crippen LogP contribution in [0.3, 0.4) is 0 Å². The van der Waals surface area contributed by atoms with Crippen molar-refractivity contribution in [2.75, 3.05) is 19.6 Å². The molecule has 1 heterocycles. The molecule has 2 aliphatic rings. The van der Waals surface area contributed by atoms with Gasteiger partial charge < -0.3 is 20.3 Å². The third-order valence-electron chi connectivity index (χ3n) is 5.10. The topological polar surface area (TPSA) is 75.9 Å². The Balaban J connectivity index is 1.54. The van der Waals surface area contributed by atoms with E-state index in [1.807, 2.05) is 40.1 Å². The summed E-state index contributed by atoms with van der Waals surface area (Å²) in [5.74, 6) is 0.288. The van der Waals surface area contributed by atoms with Gasteiger partial charge in [-0.3, -0.25) is 4.79 Å². The molecule has 2 amide bonds. The summed E-state index contributed by atoms with van der Waals surface area (Å²) in [5.41, 5.74) is 6.73.